The maximum atomic E-state index is 12.6. The van der Waals surface area contributed by atoms with Gasteiger partial charge >= 0.3 is 6.03 Å². The second-order valence-corrected chi connectivity index (χ2v) is 7.98. The summed E-state index contributed by atoms with van der Waals surface area (Å²) in [6, 6.07) is 14.9. The summed E-state index contributed by atoms with van der Waals surface area (Å²) in [5.74, 6) is 1.96. The van der Waals surface area contributed by atoms with E-state index in [1.54, 1.807) is 12.3 Å². The summed E-state index contributed by atoms with van der Waals surface area (Å²) in [6.45, 7) is 9.43. The van der Waals surface area contributed by atoms with Crippen LogP contribution in [0.5, 0.6) is 0 Å². The number of rotatable bonds is 8. The van der Waals surface area contributed by atoms with Gasteiger partial charge in [-0.15, -0.1) is 0 Å². The van der Waals surface area contributed by atoms with Crippen LogP contribution in [-0.4, -0.2) is 20.8 Å². The first-order valence-corrected chi connectivity index (χ1v) is 10.3. The molecule has 2 heterocycles. The fourth-order valence-corrected chi connectivity index (χ4v) is 3.17. The third-order valence-electron chi connectivity index (χ3n) is 4.63. The number of nitrogens with zero attached hydrogens (tertiary/aromatic N) is 3. The molecular weight excluding hydrogens is 376 g/mol. The number of carbonyl (C=O) groups excluding carboxylic acids is 1. The van der Waals surface area contributed by atoms with E-state index in [0.29, 0.717) is 17.6 Å². The topological polar surface area (TPSA) is 83.9 Å². The van der Waals surface area contributed by atoms with Gasteiger partial charge in [0.1, 0.15) is 11.6 Å². The monoisotopic (exact) mass is 406 g/mol. The van der Waals surface area contributed by atoms with Crippen LogP contribution in [0.15, 0.2) is 54.7 Å². The van der Waals surface area contributed by atoms with E-state index in [1.807, 2.05) is 47.1 Å². The number of benzene rings is 1. The van der Waals surface area contributed by atoms with E-state index in [0.717, 1.165) is 30.0 Å². The Labute approximate surface area is 177 Å². The lowest BCUT2D eigenvalue weighted by Crippen LogP contribution is -2.21. The Morgan fingerprint density at radius 2 is 1.70 bits per heavy atom. The van der Waals surface area contributed by atoms with Gasteiger partial charge in [-0.2, -0.15) is 5.10 Å². The fraction of sp³-hybridized carbons (Fsp3) is 0.348. The molecule has 3 rings (SSSR count). The van der Waals surface area contributed by atoms with Crippen molar-refractivity contribution in [3.8, 4) is 0 Å². The molecule has 3 aromatic rings. The standard InChI is InChI=1S/C23H30N6O/c1-16(2)13-14-29-22(17(3)4)19(15-24-29)26-23(30)28-21-12-8-11-20(27-21)25-18-9-6-5-7-10-18/h5-12,15-17H,13-14H2,1-4H3,(H3,25,26,27,28,30). The molecule has 7 nitrogen and oxygen atoms in total. The van der Waals surface area contributed by atoms with Crippen LogP contribution >= 0.6 is 0 Å². The van der Waals surface area contributed by atoms with Crippen LogP contribution in [-0.2, 0) is 6.54 Å². The Balaban J connectivity index is 1.66. The Hall–Kier alpha value is -3.35. The molecule has 0 aliphatic heterocycles. The molecule has 158 valence electrons. The third kappa shape index (κ3) is 5.83. The molecule has 3 N–H and O–H groups in total. The number of para-hydroxylation sites is 1. The van der Waals surface area contributed by atoms with Crippen LogP contribution in [0, 0.1) is 5.92 Å². The minimum atomic E-state index is -0.343. The lowest BCUT2D eigenvalue weighted by molar-refractivity contribution is 0.262. The van der Waals surface area contributed by atoms with Gasteiger partial charge in [-0.25, -0.2) is 9.78 Å². The van der Waals surface area contributed by atoms with E-state index >= 15 is 0 Å². The van der Waals surface area contributed by atoms with Crippen LogP contribution < -0.4 is 16.0 Å². The van der Waals surface area contributed by atoms with E-state index in [4.69, 9.17) is 0 Å². The average molecular weight is 407 g/mol. The van der Waals surface area contributed by atoms with Gasteiger partial charge in [0.2, 0.25) is 0 Å². The molecule has 0 unspecified atom stereocenters. The number of anilines is 4. The molecule has 1 aromatic carbocycles. The number of nitrogens with one attached hydrogen (secondary N) is 3. The molecule has 0 fully saturated rings. The molecule has 0 spiro atoms. The summed E-state index contributed by atoms with van der Waals surface area (Å²) in [5.41, 5.74) is 2.69. The first kappa shape index (κ1) is 21.4. The number of aryl methyl sites for hydroxylation is 1. The van der Waals surface area contributed by atoms with Gasteiger partial charge < -0.3 is 10.6 Å². The SMILES string of the molecule is CC(C)CCn1ncc(NC(=O)Nc2cccc(Nc3ccccc3)n2)c1C(C)C. The Morgan fingerprint density at radius 1 is 0.967 bits per heavy atom. The van der Waals surface area contributed by atoms with Crippen molar-refractivity contribution in [1.29, 1.82) is 0 Å². The molecule has 0 saturated carbocycles. The quantitative estimate of drug-likeness (QED) is 0.439. The first-order chi connectivity index (χ1) is 14.4. The maximum Gasteiger partial charge on any atom is 0.324 e. The second kappa shape index (κ2) is 9.91. The summed E-state index contributed by atoms with van der Waals surface area (Å²) in [5, 5.41) is 13.4. The third-order valence-corrected chi connectivity index (χ3v) is 4.63. The highest BCUT2D eigenvalue weighted by Gasteiger charge is 2.17. The minimum absolute atomic E-state index is 0.242. The molecule has 0 saturated heterocycles. The normalized spacial score (nSPS) is 11.0. The van der Waals surface area contributed by atoms with Gasteiger partial charge in [0, 0.05) is 12.2 Å². The molecule has 30 heavy (non-hydrogen) atoms. The number of urea groups is 1. The van der Waals surface area contributed by atoms with Gasteiger partial charge in [0.25, 0.3) is 0 Å². The minimum Gasteiger partial charge on any atom is -0.340 e. The highest BCUT2D eigenvalue weighted by atomic mass is 16.2. The van der Waals surface area contributed by atoms with Crippen LogP contribution in [0.2, 0.25) is 0 Å². The second-order valence-electron chi connectivity index (χ2n) is 7.98. The van der Waals surface area contributed by atoms with Crippen molar-refractivity contribution in [3.63, 3.8) is 0 Å². The number of aromatic nitrogens is 3. The summed E-state index contributed by atoms with van der Waals surface area (Å²) < 4.78 is 1.99. The first-order valence-electron chi connectivity index (χ1n) is 10.3. The summed E-state index contributed by atoms with van der Waals surface area (Å²) in [4.78, 5) is 17.0. The maximum absolute atomic E-state index is 12.6. The summed E-state index contributed by atoms with van der Waals surface area (Å²) in [7, 11) is 0. The predicted octanol–water partition coefficient (Wildman–Crippen LogP) is 5.84. The lowest BCUT2D eigenvalue weighted by Gasteiger charge is -2.14. The molecular formula is C23H30N6O. The van der Waals surface area contributed by atoms with Crippen LogP contribution in [0.25, 0.3) is 0 Å². The zero-order valence-electron chi connectivity index (χ0n) is 18.0. The van der Waals surface area contributed by atoms with Gasteiger partial charge in [0.05, 0.1) is 17.6 Å². The van der Waals surface area contributed by atoms with Crippen molar-refractivity contribution >= 4 is 29.0 Å². The van der Waals surface area contributed by atoms with Crippen molar-refractivity contribution in [1.82, 2.24) is 14.8 Å². The highest BCUT2D eigenvalue weighted by molar-refractivity contribution is 5.99. The molecule has 0 bridgehead atoms. The van der Waals surface area contributed by atoms with Crippen molar-refractivity contribution in [3.05, 3.63) is 60.4 Å². The molecule has 2 amide bonds. The number of pyridine rings is 1. The summed E-state index contributed by atoms with van der Waals surface area (Å²) in [6.07, 6.45) is 2.76. The van der Waals surface area contributed by atoms with Crippen molar-refractivity contribution in [2.24, 2.45) is 5.92 Å². The van der Waals surface area contributed by atoms with Crippen LogP contribution in [0.3, 0.4) is 0 Å². The van der Waals surface area contributed by atoms with E-state index in [-0.39, 0.29) is 11.9 Å². The molecule has 7 heteroatoms. The van der Waals surface area contributed by atoms with Crippen LogP contribution in [0.1, 0.15) is 45.7 Å². The van der Waals surface area contributed by atoms with E-state index in [2.05, 4.69) is 53.7 Å². The molecule has 0 atom stereocenters. The number of hydrogen-bond acceptors (Lipinski definition) is 4. The molecule has 2 aromatic heterocycles. The molecule has 0 aliphatic carbocycles. The predicted molar refractivity (Wildman–Crippen MR) is 122 cm³/mol. The van der Waals surface area contributed by atoms with Crippen molar-refractivity contribution in [2.75, 3.05) is 16.0 Å². The zero-order valence-corrected chi connectivity index (χ0v) is 18.0. The van der Waals surface area contributed by atoms with E-state index in [1.165, 1.54) is 0 Å². The highest BCUT2D eigenvalue weighted by Crippen LogP contribution is 2.25. The van der Waals surface area contributed by atoms with Gasteiger partial charge in [-0.3, -0.25) is 10.00 Å². The van der Waals surface area contributed by atoms with Crippen molar-refractivity contribution in [2.45, 2.75) is 46.6 Å². The van der Waals surface area contributed by atoms with Crippen molar-refractivity contribution < 1.29 is 4.79 Å². The zero-order chi connectivity index (χ0) is 21.5. The molecule has 0 aliphatic rings. The Morgan fingerprint density at radius 3 is 2.40 bits per heavy atom. The van der Waals surface area contributed by atoms with Gasteiger partial charge in [0.15, 0.2) is 0 Å². The molecule has 0 radical (unpaired) electrons. The fourth-order valence-electron chi connectivity index (χ4n) is 3.17. The summed E-state index contributed by atoms with van der Waals surface area (Å²) >= 11 is 0. The Kier molecular flexibility index (Phi) is 7.06. The number of hydrogen-bond donors (Lipinski definition) is 3. The Bertz CT molecular complexity index is 965. The lowest BCUT2D eigenvalue weighted by atomic mass is 10.1. The smallest absolute Gasteiger partial charge is 0.324 e. The number of carbonyl (C=O) groups is 1. The van der Waals surface area contributed by atoms with E-state index < -0.39 is 0 Å². The van der Waals surface area contributed by atoms with Gasteiger partial charge in [-0.1, -0.05) is 52.0 Å². The number of amides is 2. The largest absolute Gasteiger partial charge is 0.340 e. The van der Waals surface area contributed by atoms with Gasteiger partial charge in [-0.05, 0) is 42.5 Å². The van der Waals surface area contributed by atoms with E-state index in [9.17, 15) is 4.79 Å². The average Bonchev–Trinajstić information content (AvgIpc) is 3.10. The van der Waals surface area contributed by atoms with Crippen LogP contribution in [0.4, 0.5) is 27.8 Å².